The van der Waals surface area contributed by atoms with Crippen molar-refractivity contribution in [1.82, 2.24) is 14.8 Å². The number of benzene rings is 1. The van der Waals surface area contributed by atoms with Crippen molar-refractivity contribution in [2.24, 2.45) is 0 Å². The fourth-order valence-corrected chi connectivity index (χ4v) is 2.16. The standard InChI is InChI=1S/C13H15N3O/c1-9-4-2-3-5-11(9)13-15-14-12(8-17)16(13)10-6-7-10/h2-5,10,17H,6-8H2,1H3. The molecule has 3 rings (SSSR count). The largest absolute Gasteiger partial charge is 0.388 e. The molecule has 1 aromatic carbocycles. The van der Waals surface area contributed by atoms with Gasteiger partial charge in [0, 0.05) is 11.6 Å². The Bertz CT molecular complexity index is 543. The van der Waals surface area contributed by atoms with Crippen molar-refractivity contribution in [3.8, 4) is 11.4 Å². The van der Waals surface area contributed by atoms with Crippen LogP contribution in [0.4, 0.5) is 0 Å². The van der Waals surface area contributed by atoms with Crippen LogP contribution < -0.4 is 0 Å². The van der Waals surface area contributed by atoms with Crippen LogP contribution in [-0.4, -0.2) is 19.9 Å². The fraction of sp³-hybridized carbons (Fsp3) is 0.385. The van der Waals surface area contributed by atoms with Gasteiger partial charge in [-0.2, -0.15) is 0 Å². The first-order valence-electron chi connectivity index (χ1n) is 5.92. The van der Waals surface area contributed by atoms with Crippen molar-refractivity contribution < 1.29 is 5.11 Å². The maximum absolute atomic E-state index is 9.30. The minimum absolute atomic E-state index is 0.0462. The molecule has 0 atom stereocenters. The van der Waals surface area contributed by atoms with Gasteiger partial charge in [0.1, 0.15) is 6.61 Å². The molecule has 1 heterocycles. The molecule has 17 heavy (non-hydrogen) atoms. The molecule has 0 saturated heterocycles. The summed E-state index contributed by atoms with van der Waals surface area (Å²) in [6, 6.07) is 8.62. The molecule has 1 aromatic heterocycles. The molecule has 0 unspecified atom stereocenters. The van der Waals surface area contributed by atoms with Crippen molar-refractivity contribution in [2.45, 2.75) is 32.4 Å². The number of aliphatic hydroxyl groups excluding tert-OH is 1. The maximum atomic E-state index is 9.30. The zero-order valence-electron chi connectivity index (χ0n) is 9.80. The lowest BCUT2D eigenvalue weighted by Crippen LogP contribution is -2.03. The summed E-state index contributed by atoms with van der Waals surface area (Å²) in [6.07, 6.45) is 2.31. The smallest absolute Gasteiger partial charge is 0.164 e. The first-order chi connectivity index (χ1) is 8.31. The Balaban J connectivity index is 2.14. The molecule has 2 aromatic rings. The summed E-state index contributed by atoms with van der Waals surface area (Å²) in [5.41, 5.74) is 2.29. The molecule has 4 heteroatoms. The van der Waals surface area contributed by atoms with E-state index in [4.69, 9.17) is 0 Å². The van der Waals surface area contributed by atoms with Gasteiger partial charge in [0.15, 0.2) is 11.6 Å². The van der Waals surface area contributed by atoms with Gasteiger partial charge in [0.2, 0.25) is 0 Å². The number of hydrogen-bond acceptors (Lipinski definition) is 3. The molecular formula is C13H15N3O. The van der Waals surface area contributed by atoms with Gasteiger partial charge in [-0.05, 0) is 25.3 Å². The van der Waals surface area contributed by atoms with E-state index in [-0.39, 0.29) is 6.61 Å². The molecule has 1 saturated carbocycles. The van der Waals surface area contributed by atoms with E-state index in [1.54, 1.807) is 0 Å². The Morgan fingerprint density at radius 2 is 2.06 bits per heavy atom. The van der Waals surface area contributed by atoms with Gasteiger partial charge >= 0.3 is 0 Å². The Kier molecular flexibility index (Phi) is 2.44. The normalized spacial score (nSPS) is 15.2. The van der Waals surface area contributed by atoms with Crippen LogP contribution in [0.25, 0.3) is 11.4 Å². The lowest BCUT2D eigenvalue weighted by molar-refractivity contribution is 0.265. The Morgan fingerprint density at radius 3 is 2.71 bits per heavy atom. The van der Waals surface area contributed by atoms with Gasteiger partial charge in [-0.15, -0.1) is 10.2 Å². The second-order valence-corrected chi connectivity index (χ2v) is 4.51. The van der Waals surface area contributed by atoms with Gasteiger partial charge in [0.25, 0.3) is 0 Å². The topological polar surface area (TPSA) is 50.9 Å². The van der Waals surface area contributed by atoms with Crippen LogP contribution >= 0.6 is 0 Å². The molecule has 0 radical (unpaired) electrons. The lowest BCUT2D eigenvalue weighted by Gasteiger charge is -2.09. The van der Waals surface area contributed by atoms with Gasteiger partial charge in [0.05, 0.1) is 0 Å². The van der Waals surface area contributed by atoms with E-state index in [1.807, 2.05) is 12.1 Å². The summed E-state index contributed by atoms with van der Waals surface area (Å²) >= 11 is 0. The minimum Gasteiger partial charge on any atom is -0.388 e. The molecule has 0 spiro atoms. The molecule has 88 valence electrons. The van der Waals surface area contributed by atoms with Crippen molar-refractivity contribution in [3.05, 3.63) is 35.7 Å². The van der Waals surface area contributed by atoms with Crippen LogP contribution in [0.5, 0.6) is 0 Å². The molecule has 1 N–H and O–H groups in total. The third kappa shape index (κ3) is 1.74. The Hall–Kier alpha value is -1.68. The zero-order chi connectivity index (χ0) is 11.8. The summed E-state index contributed by atoms with van der Waals surface area (Å²) in [5, 5.41) is 17.6. The van der Waals surface area contributed by atoms with E-state index in [0.717, 1.165) is 24.2 Å². The van der Waals surface area contributed by atoms with Crippen LogP contribution in [-0.2, 0) is 6.61 Å². The molecule has 0 bridgehead atoms. The third-order valence-corrected chi connectivity index (χ3v) is 3.21. The van der Waals surface area contributed by atoms with E-state index in [9.17, 15) is 5.11 Å². The molecular weight excluding hydrogens is 214 g/mol. The van der Waals surface area contributed by atoms with Crippen LogP contribution in [0.1, 0.15) is 30.3 Å². The van der Waals surface area contributed by atoms with Crippen molar-refractivity contribution in [1.29, 1.82) is 0 Å². The fourth-order valence-electron chi connectivity index (χ4n) is 2.16. The molecule has 4 nitrogen and oxygen atoms in total. The number of rotatable bonds is 3. The molecule has 1 aliphatic carbocycles. The maximum Gasteiger partial charge on any atom is 0.164 e. The highest BCUT2D eigenvalue weighted by molar-refractivity contribution is 5.60. The number of aromatic nitrogens is 3. The van der Waals surface area contributed by atoms with Crippen molar-refractivity contribution in [2.75, 3.05) is 0 Å². The summed E-state index contributed by atoms with van der Waals surface area (Å²) < 4.78 is 2.09. The predicted molar refractivity (Wildman–Crippen MR) is 64.4 cm³/mol. The molecule has 0 amide bonds. The second-order valence-electron chi connectivity index (χ2n) is 4.51. The number of hydrogen-bond donors (Lipinski definition) is 1. The third-order valence-electron chi connectivity index (χ3n) is 3.21. The summed E-state index contributed by atoms with van der Waals surface area (Å²) in [6.45, 7) is 2.02. The van der Waals surface area contributed by atoms with Gasteiger partial charge in [-0.25, -0.2) is 0 Å². The highest BCUT2D eigenvalue weighted by atomic mass is 16.3. The molecule has 1 fully saturated rings. The van der Waals surface area contributed by atoms with Crippen LogP contribution in [0.2, 0.25) is 0 Å². The SMILES string of the molecule is Cc1ccccc1-c1nnc(CO)n1C1CC1. The van der Waals surface area contributed by atoms with Gasteiger partial charge < -0.3 is 9.67 Å². The van der Waals surface area contributed by atoms with Crippen molar-refractivity contribution in [3.63, 3.8) is 0 Å². The van der Waals surface area contributed by atoms with Crippen molar-refractivity contribution >= 4 is 0 Å². The van der Waals surface area contributed by atoms with E-state index in [2.05, 4.69) is 33.8 Å². The second kappa shape index (κ2) is 3.96. The predicted octanol–water partition coefficient (Wildman–Crippen LogP) is 2.08. The average molecular weight is 229 g/mol. The van der Waals surface area contributed by atoms with Gasteiger partial charge in [-0.1, -0.05) is 24.3 Å². The highest BCUT2D eigenvalue weighted by Gasteiger charge is 2.29. The van der Waals surface area contributed by atoms with E-state index in [1.165, 1.54) is 5.56 Å². The summed E-state index contributed by atoms with van der Waals surface area (Å²) in [5.74, 6) is 1.56. The Morgan fingerprint density at radius 1 is 1.29 bits per heavy atom. The quantitative estimate of drug-likeness (QED) is 0.876. The highest BCUT2D eigenvalue weighted by Crippen LogP contribution is 2.39. The van der Waals surface area contributed by atoms with Gasteiger partial charge in [-0.3, -0.25) is 0 Å². The van der Waals surface area contributed by atoms with Crippen LogP contribution in [0.3, 0.4) is 0 Å². The van der Waals surface area contributed by atoms with Crippen LogP contribution in [0, 0.1) is 6.92 Å². The molecule has 1 aliphatic rings. The monoisotopic (exact) mass is 229 g/mol. The number of aryl methyl sites for hydroxylation is 1. The van der Waals surface area contributed by atoms with E-state index in [0.29, 0.717) is 11.9 Å². The summed E-state index contributed by atoms with van der Waals surface area (Å²) in [7, 11) is 0. The first kappa shape index (κ1) is 10.5. The van der Waals surface area contributed by atoms with Crippen LogP contribution in [0.15, 0.2) is 24.3 Å². The lowest BCUT2D eigenvalue weighted by atomic mass is 10.1. The first-order valence-corrected chi connectivity index (χ1v) is 5.92. The number of aliphatic hydroxyl groups is 1. The van der Waals surface area contributed by atoms with E-state index >= 15 is 0 Å². The minimum atomic E-state index is -0.0462. The average Bonchev–Trinajstić information content (AvgIpc) is 3.10. The van der Waals surface area contributed by atoms with E-state index < -0.39 is 0 Å². The zero-order valence-corrected chi connectivity index (χ0v) is 9.80. The molecule has 0 aliphatic heterocycles. The number of nitrogens with zero attached hydrogens (tertiary/aromatic N) is 3. The Labute approximate surface area is 99.9 Å². The summed E-state index contributed by atoms with van der Waals surface area (Å²) in [4.78, 5) is 0.